The summed E-state index contributed by atoms with van der Waals surface area (Å²) in [4.78, 5) is 2.46. The Hall–Kier alpha value is -2.62. The fraction of sp³-hybridized carbons (Fsp3) is 0.333. The summed E-state index contributed by atoms with van der Waals surface area (Å²) in [5.74, 6) is 0. The van der Waals surface area contributed by atoms with Gasteiger partial charge in [0.15, 0.2) is 0 Å². The van der Waals surface area contributed by atoms with Gasteiger partial charge in [-0.25, -0.2) is 0 Å². The third kappa shape index (κ3) is 3.76. The molecule has 5 rings (SSSR count). The van der Waals surface area contributed by atoms with E-state index in [0.717, 1.165) is 19.4 Å². The third-order valence-corrected chi connectivity index (χ3v) is 6.64. The quantitative estimate of drug-likeness (QED) is 0.305. The lowest BCUT2D eigenvalue weighted by molar-refractivity contribution is 0.157. The van der Waals surface area contributed by atoms with E-state index >= 15 is 0 Å². The number of hydrogen-bond acceptors (Lipinski definition) is 3. The van der Waals surface area contributed by atoms with Crippen LogP contribution >= 0.6 is 0 Å². The fourth-order valence-electron chi connectivity index (χ4n) is 4.98. The van der Waals surface area contributed by atoms with Gasteiger partial charge in [-0.3, -0.25) is 4.90 Å². The van der Waals surface area contributed by atoms with E-state index in [1.165, 1.54) is 70.4 Å². The molecule has 0 aliphatic carbocycles. The van der Waals surface area contributed by atoms with E-state index in [-0.39, 0.29) is 6.17 Å². The summed E-state index contributed by atoms with van der Waals surface area (Å²) >= 11 is 0. The van der Waals surface area contributed by atoms with Crippen molar-refractivity contribution in [1.29, 1.82) is 0 Å². The molecule has 1 aliphatic rings. The second kappa shape index (κ2) is 8.63. The zero-order chi connectivity index (χ0) is 20.3. The van der Waals surface area contributed by atoms with Gasteiger partial charge in [-0.15, -0.1) is 0 Å². The summed E-state index contributed by atoms with van der Waals surface area (Å²) in [6, 6.07) is 24.3. The number of benzene rings is 4. The topological polar surface area (TPSA) is 41.3 Å². The number of likely N-dealkylation sites (tertiary alicyclic amines) is 1. The Morgan fingerprint density at radius 1 is 0.733 bits per heavy atom. The van der Waals surface area contributed by atoms with E-state index in [9.17, 15) is 0 Å². The molecule has 3 heteroatoms. The molecule has 0 spiro atoms. The van der Waals surface area contributed by atoms with Crippen LogP contribution in [0, 0.1) is 0 Å². The van der Waals surface area contributed by atoms with Crippen molar-refractivity contribution in [2.75, 3.05) is 25.0 Å². The number of nitrogens with two attached hydrogens (primary N) is 1. The van der Waals surface area contributed by atoms with Crippen LogP contribution in [-0.2, 0) is 0 Å². The zero-order valence-corrected chi connectivity index (χ0v) is 17.6. The Morgan fingerprint density at radius 3 is 2.33 bits per heavy atom. The summed E-state index contributed by atoms with van der Waals surface area (Å²) in [6.07, 6.45) is 6.29. The van der Waals surface area contributed by atoms with Crippen molar-refractivity contribution >= 4 is 38.0 Å². The molecule has 3 nitrogen and oxygen atoms in total. The number of nitrogens with one attached hydrogen (secondary N) is 1. The van der Waals surface area contributed by atoms with Crippen molar-refractivity contribution < 1.29 is 0 Å². The maximum Gasteiger partial charge on any atom is 0.0572 e. The van der Waals surface area contributed by atoms with Crippen LogP contribution in [-0.4, -0.2) is 30.7 Å². The predicted octanol–water partition coefficient (Wildman–Crippen LogP) is 6.11. The average Bonchev–Trinajstić information content (AvgIpc) is 2.81. The zero-order valence-electron chi connectivity index (χ0n) is 17.6. The number of anilines is 1. The van der Waals surface area contributed by atoms with Crippen molar-refractivity contribution in [1.82, 2.24) is 4.90 Å². The molecule has 1 heterocycles. The Balaban J connectivity index is 1.33. The lowest BCUT2D eigenvalue weighted by Crippen LogP contribution is -2.44. The normalized spacial score (nSPS) is 16.3. The van der Waals surface area contributed by atoms with Gasteiger partial charge in [-0.05, 0) is 71.8 Å². The molecule has 1 aliphatic heterocycles. The molecular formula is C27H31N3. The number of nitrogens with zero attached hydrogens (tertiary/aromatic N) is 1. The van der Waals surface area contributed by atoms with E-state index in [2.05, 4.69) is 76.9 Å². The van der Waals surface area contributed by atoms with E-state index in [4.69, 9.17) is 5.73 Å². The smallest absolute Gasteiger partial charge is 0.0572 e. The Morgan fingerprint density at radius 2 is 1.43 bits per heavy atom. The molecule has 4 aromatic carbocycles. The van der Waals surface area contributed by atoms with Gasteiger partial charge in [0, 0.05) is 17.6 Å². The van der Waals surface area contributed by atoms with Gasteiger partial charge in [0.05, 0.1) is 6.17 Å². The largest absolute Gasteiger partial charge is 0.385 e. The monoisotopic (exact) mass is 397 g/mol. The van der Waals surface area contributed by atoms with Gasteiger partial charge >= 0.3 is 0 Å². The minimum Gasteiger partial charge on any atom is -0.385 e. The summed E-state index contributed by atoms with van der Waals surface area (Å²) in [6.45, 7) is 3.29. The van der Waals surface area contributed by atoms with Crippen molar-refractivity contribution in [2.24, 2.45) is 5.73 Å². The standard InChI is InChI=1S/C27H31N3/c28-27(30-18-4-1-5-19-30)12-7-17-29-26-11-6-10-22-24-14-13-20-8-2-3-9-21(20)23(24)15-16-25(22)26/h2-3,6,8-11,13-16,27,29H,1,4-5,7,12,17-19,28H2. The number of piperidine rings is 1. The predicted molar refractivity (Wildman–Crippen MR) is 130 cm³/mol. The molecule has 1 saturated heterocycles. The molecule has 0 radical (unpaired) electrons. The molecule has 30 heavy (non-hydrogen) atoms. The van der Waals surface area contributed by atoms with E-state index in [1.807, 2.05) is 0 Å². The van der Waals surface area contributed by atoms with Crippen LogP contribution in [0.3, 0.4) is 0 Å². The van der Waals surface area contributed by atoms with Gasteiger partial charge in [-0.2, -0.15) is 0 Å². The lowest BCUT2D eigenvalue weighted by Gasteiger charge is -2.32. The van der Waals surface area contributed by atoms with E-state index < -0.39 is 0 Å². The van der Waals surface area contributed by atoms with Crippen LogP contribution in [0.25, 0.3) is 32.3 Å². The van der Waals surface area contributed by atoms with Crippen LogP contribution in [0.5, 0.6) is 0 Å². The van der Waals surface area contributed by atoms with Crippen LogP contribution in [0.15, 0.2) is 66.7 Å². The Labute approximate surface area is 178 Å². The second-order valence-electron chi connectivity index (χ2n) is 8.58. The first-order valence-electron chi connectivity index (χ1n) is 11.4. The molecule has 1 fully saturated rings. The summed E-state index contributed by atoms with van der Waals surface area (Å²) in [5, 5.41) is 11.5. The maximum absolute atomic E-state index is 6.42. The van der Waals surface area contributed by atoms with Crippen LogP contribution in [0.4, 0.5) is 5.69 Å². The highest BCUT2D eigenvalue weighted by Gasteiger charge is 2.16. The molecule has 0 saturated carbocycles. The van der Waals surface area contributed by atoms with Crippen molar-refractivity contribution in [3.8, 4) is 0 Å². The lowest BCUT2D eigenvalue weighted by atomic mass is 9.96. The highest BCUT2D eigenvalue weighted by molar-refractivity contribution is 6.18. The first-order chi connectivity index (χ1) is 14.8. The first-order valence-corrected chi connectivity index (χ1v) is 11.4. The molecule has 1 atom stereocenters. The fourth-order valence-corrected chi connectivity index (χ4v) is 4.98. The summed E-state index contributed by atoms with van der Waals surface area (Å²) < 4.78 is 0. The van der Waals surface area contributed by atoms with Gasteiger partial charge < -0.3 is 11.1 Å². The molecule has 0 amide bonds. The summed E-state index contributed by atoms with van der Waals surface area (Å²) in [5.41, 5.74) is 7.64. The minimum absolute atomic E-state index is 0.205. The molecule has 1 unspecified atom stereocenters. The maximum atomic E-state index is 6.42. The highest BCUT2D eigenvalue weighted by Crippen LogP contribution is 2.34. The third-order valence-electron chi connectivity index (χ3n) is 6.64. The van der Waals surface area contributed by atoms with Crippen molar-refractivity contribution in [3.05, 3.63) is 66.7 Å². The Kier molecular flexibility index (Phi) is 5.56. The van der Waals surface area contributed by atoms with Gasteiger partial charge in [0.25, 0.3) is 0 Å². The highest BCUT2D eigenvalue weighted by atomic mass is 15.2. The van der Waals surface area contributed by atoms with Gasteiger partial charge in [0.2, 0.25) is 0 Å². The van der Waals surface area contributed by atoms with Crippen LogP contribution < -0.4 is 11.1 Å². The SMILES string of the molecule is NC(CCCNc1cccc2c1ccc1c3ccccc3ccc21)N1CCCCC1. The van der Waals surface area contributed by atoms with E-state index in [1.54, 1.807) is 0 Å². The number of rotatable bonds is 6. The van der Waals surface area contributed by atoms with Crippen molar-refractivity contribution in [3.63, 3.8) is 0 Å². The van der Waals surface area contributed by atoms with Crippen LogP contribution in [0.1, 0.15) is 32.1 Å². The molecule has 3 N–H and O–H groups in total. The molecule has 154 valence electrons. The molecule has 0 aromatic heterocycles. The molecule has 0 bridgehead atoms. The first kappa shape index (κ1) is 19.3. The molecular weight excluding hydrogens is 366 g/mol. The summed E-state index contributed by atoms with van der Waals surface area (Å²) in [7, 11) is 0. The van der Waals surface area contributed by atoms with Gasteiger partial charge in [-0.1, -0.05) is 67.1 Å². The second-order valence-corrected chi connectivity index (χ2v) is 8.58. The minimum atomic E-state index is 0.205. The number of fused-ring (bicyclic) bond motifs is 5. The number of hydrogen-bond donors (Lipinski definition) is 2. The van der Waals surface area contributed by atoms with Gasteiger partial charge in [0.1, 0.15) is 0 Å². The van der Waals surface area contributed by atoms with Crippen molar-refractivity contribution in [2.45, 2.75) is 38.3 Å². The Bertz CT molecular complexity index is 1160. The van der Waals surface area contributed by atoms with E-state index in [0.29, 0.717) is 0 Å². The van der Waals surface area contributed by atoms with Crippen LogP contribution in [0.2, 0.25) is 0 Å². The molecule has 4 aromatic rings. The average molecular weight is 398 g/mol.